The van der Waals surface area contributed by atoms with Crippen LogP contribution in [0, 0.1) is 0 Å². The summed E-state index contributed by atoms with van der Waals surface area (Å²) in [7, 11) is 0. The monoisotopic (exact) mass is 282 g/mol. The SMILES string of the molecule is Nc1ccc(N2CCN(CCc3ccncc3)C2=O)cc1. The summed E-state index contributed by atoms with van der Waals surface area (Å²) in [5.74, 6) is 0. The number of carbonyl (C=O) groups is 1. The number of aromatic nitrogens is 1. The van der Waals surface area contributed by atoms with Gasteiger partial charge < -0.3 is 10.6 Å². The van der Waals surface area contributed by atoms with Crippen molar-refractivity contribution in [2.45, 2.75) is 6.42 Å². The lowest BCUT2D eigenvalue weighted by Gasteiger charge is -2.18. The number of amides is 2. The Labute approximate surface area is 124 Å². The molecule has 0 spiro atoms. The number of nitrogens with two attached hydrogens (primary N) is 1. The van der Waals surface area contributed by atoms with Crippen LogP contribution in [-0.4, -0.2) is 35.5 Å². The number of hydrogen-bond acceptors (Lipinski definition) is 3. The predicted octanol–water partition coefficient (Wildman–Crippen LogP) is 2.15. The van der Waals surface area contributed by atoms with Crippen LogP contribution in [0.25, 0.3) is 0 Å². The summed E-state index contributed by atoms with van der Waals surface area (Å²) in [6.07, 6.45) is 4.41. The summed E-state index contributed by atoms with van der Waals surface area (Å²) in [5.41, 5.74) is 8.49. The van der Waals surface area contributed by atoms with Gasteiger partial charge in [0.2, 0.25) is 0 Å². The number of hydrogen-bond donors (Lipinski definition) is 1. The molecule has 0 bridgehead atoms. The van der Waals surface area contributed by atoms with Crippen LogP contribution < -0.4 is 10.6 Å². The molecular weight excluding hydrogens is 264 g/mol. The van der Waals surface area contributed by atoms with Gasteiger partial charge in [-0.15, -0.1) is 0 Å². The fraction of sp³-hybridized carbons (Fsp3) is 0.250. The fourth-order valence-corrected chi connectivity index (χ4v) is 2.50. The zero-order valence-electron chi connectivity index (χ0n) is 11.8. The average Bonchev–Trinajstić information content (AvgIpc) is 2.88. The minimum absolute atomic E-state index is 0.0637. The lowest BCUT2D eigenvalue weighted by atomic mass is 10.2. The zero-order chi connectivity index (χ0) is 14.7. The molecule has 2 N–H and O–H groups in total. The molecule has 0 radical (unpaired) electrons. The number of urea groups is 1. The van der Waals surface area contributed by atoms with Gasteiger partial charge in [0.25, 0.3) is 0 Å². The van der Waals surface area contributed by atoms with Crippen LogP contribution in [0.3, 0.4) is 0 Å². The average molecular weight is 282 g/mol. The number of carbonyl (C=O) groups excluding carboxylic acids is 1. The molecule has 21 heavy (non-hydrogen) atoms. The third-order valence-electron chi connectivity index (χ3n) is 3.72. The topological polar surface area (TPSA) is 62.5 Å². The van der Waals surface area contributed by atoms with E-state index in [0.717, 1.165) is 31.7 Å². The second-order valence-corrected chi connectivity index (χ2v) is 5.12. The van der Waals surface area contributed by atoms with E-state index < -0.39 is 0 Å². The second kappa shape index (κ2) is 5.83. The Bertz CT molecular complexity index is 612. The Balaban J connectivity index is 1.62. The molecule has 0 atom stereocenters. The van der Waals surface area contributed by atoms with Crippen LogP contribution in [0.15, 0.2) is 48.8 Å². The van der Waals surface area contributed by atoms with E-state index >= 15 is 0 Å². The number of pyridine rings is 1. The van der Waals surface area contributed by atoms with Gasteiger partial charge in [0.15, 0.2) is 0 Å². The van der Waals surface area contributed by atoms with Gasteiger partial charge in [0.1, 0.15) is 0 Å². The summed E-state index contributed by atoms with van der Waals surface area (Å²) in [5, 5.41) is 0. The minimum atomic E-state index is 0.0637. The first kappa shape index (κ1) is 13.4. The van der Waals surface area contributed by atoms with E-state index in [2.05, 4.69) is 4.98 Å². The number of anilines is 2. The van der Waals surface area contributed by atoms with Gasteiger partial charge in [-0.3, -0.25) is 9.88 Å². The van der Waals surface area contributed by atoms with Gasteiger partial charge in [-0.05, 0) is 48.4 Å². The third-order valence-corrected chi connectivity index (χ3v) is 3.72. The van der Waals surface area contributed by atoms with Crippen molar-refractivity contribution in [1.82, 2.24) is 9.88 Å². The van der Waals surface area contributed by atoms with E-state index in [1.165, 1.54) is 5.56 Å². The van der Waals surface area contributed by atoms with Crippen LogP contribution in [0.2, 0.25) is 0 Å². The highest BCUT2D eigenvalue weighted by molar-refractivity contribution is 5.94. The first-order chi connectivity index (χ1) is 10.2. The molecule has 1 fully saturated rings. The third kappa shape index (κ3) is 2.97. The van der Waals surface area contributed by atoms with Crippen LogP contribution in [-0.2, 0) is 6.42 Å². The number of nitrogens with zero attached hydrogens (tertiary/aromatic N) is 3. The zero-order valence-corrected chi connectivity index (χ0v) is 11.8. The first-order valence-electron chi connectivity index (χ1n) is 7.05. The van der Waals surface area contributed by atoms with Gasteiger partial charge in [-0.1, -0.05) is 0 Å². The maximum atomic E-state index is 12.4. The summed E-state index contributed by atoms with van der Waals surface area (Å²) in [6.45, 7) is 2.21. The molecule has 0 aliphatic carbocycles. The fourth-order valence-electron chi connectivity index (χ4n) is 2.50. The molecule has 2 heterocycles. The predicted molar refractivity (Wildman–Crippen MR) is 83.1 cm³/mol. The normalized spacial score (nSPS) is 14.8. The molecule has 5 heteroatoms. The standard InChI is InChI=1S/C16H18N4O/c17-14-1-3-15(4-2-14)20-12-11-19(16(20)21)10-7-13-5-8-18-9-6-13/h1-6,8-9H,7,10-12,17H2. The molecule has 2 amide bonds. The van der Waals surface area contributed by atoms with Crippen LogP contribution in [0.5, 0.6) is 0 Å². The second-order valence-electron chi connectivity index (χ2n) is 5.12. The van der Waals surface area contributed by atoms with Gasteiger partial charge in [0, 0.05) is 43.4 Å². The molecule has 1 saturated heterocycles. The smallest absolute Gasteiger partial charge is 0.324 e. The van der Waals surface area contributed by atoms with E-state index in [9.17, 15) is 4.79 Å². The van der Waals surface area contributed by atoms with Gasteiger partial charge in [-0.2, -0.15) is 0 Å². The summed E-state index contributed by atoms with van der Waals surface area (Å²) in [6, 6.07) is 11.5. The first-order valence-corrected chi connectivity index (χ1v) is 7.05. The van der Waals surface area contributed by atoms with E-state index in [1.54, 1.807) is 17.3 Å². The summed E-state index contributed by atoms with van der Waals surface area (Å²) >= 11 is 0. The molecule has 1 aliphatic heterocycles. The summed E-state index contributed by atoms with van der Waals surface area (Å²) in [4.78, 5) is 20.1. The molecule has 1 aromatic carbocycles. The highest BCUT2D eigenvalue weighted by Crippen LogP contribution is 2.21. The van der Waals surface area contributed by atoms with Crippen molar-refractivity contribution >= 4 is 17.4 Å². The summed E-state index contributed by atoms with van der Waals surface area (Å²) < 4.78 is 0. The maximum Gasteiger partial charge on any atom is 0.324 e. The van der Waals surface area contributed by atoms with Crippen molar-refractivity contribution in [3.8, 4) is 0 Å². The maximum absolute atomic E-state index is 12.4. The van der Waals surface area contributed by atoms with Crippen LogP contribution in [0.4, 0.5) is 16.2 Å². The van der Waals surface area contributed by atoms with Crippen molar-refractivity contribution in [2.75, 3.05) is 30.3 Å². The van der Waals surface area contributed by atoms with Gasteiger partial charge in [0.05, 0.1) is 0 Å². The van der Waals surface area contributed by atoms with Crippen molar-refractivity contribution in [1.29, 1.82) is 0 Å². The molecule has 5 nitrogen and oxygen atoms in total. The van der Waals surface area contributed by atoms with Crippen molar-refractivity contribution < 1.29 is 4.79 Å². The van der Waals surface area contributed by atoms with E-state index in [4.69, 9.17) is 5.73 Å². The Morgan fingerprint density at radius 2 is 1.76 bits per heavy atom. The molecule has 1 aliphatic rings. The molecule has 0 saturated carbocycles. The molecular formula is C16H18N4O. The lowest BCUT2D eigenvalue weighted by Crippen LogP contribution is -2.33. The van der Waals surface area contributed by atoms with Crippen LogP contribution in [0.1, 0.15) is 5.56 Å². The van der Waals surface area contributed by atoms with E-state index in [-0.39, 0.29) is 6.03 Å². The quantitative estimate of drug-likeness (QED) is 0.874. The van der Waals surface area contributed by atoms with Crippen LogP contribution >= 0.6 is 0 Å². The lowest BCUT2D eigenvalue weighted by molar-refractivity contribution is 0.221. The largest absolute Gasteiger partial charge is 0.399 e. The molecule has 2 aromatic rings. The Morgan fingerprint density at radius 1 is 1.05 bits per heavy atom. The number of benzene rings is 1. The Hall–Kier alpha value is -2.56. The highest BCUT2D eigenvalue weighted by atomic mass is 16.2. The van der Waals surface area contributed by atoms with Crippen molar-refractivity contribution in [3.63, 3.8) is 0 Å². The number of nitrogen functional groups attached to an aromatic ring is 1. The Kier molecular flexibility index (Phi) is 3.73. The van der Waals surface area contributed by atoms with Gasteiger partial charge in [-0.25, -0.2) is 4.79 Å². The molecule has 1 aromatic heterocycles. The van der Waals surface area contributed by atoms with Crippen molar-refractivity contribution in [2.24, 2.45) is 0 Å². The minimum Gasteiger partial charge on any atom is -0.399 e. The molecule has 3 rings (SSSR count). The van der Waals surface area contributed by atoms with E-state index in [1.807, 2.05) is 41.3 Å². The molecule has 108 valence electrons. The van der Waals surface area contributed by atoms with Crippen molar-refractivity contribution in [3.05, 3.63) is 54.4 Å². The Morgan fingerprint density at radius 3 is 2.48 bits per heavy atom. The van der Waals surface area contributed by atoms with Gasteiger partial charge >= 0.3 is 6.03 Å². The highest BCUT2D eigenvalue weighted by Gasteiger charge is 2.28. The molecule has 0 unspecified atom stereocenters. The van der Waals surface area contributed by atoms with E-state index in [0.29, 0.717) is 5.69 Å². The number of rotatable bonds is 4.